The third-order valence-corrected chi connectivity index (χ3v) is 3.49. The number of nitriles is 1. The van der Waals surface area contributed by atoms with Gasteiger partial charge in [-0.1, -0.05) is 18.2 Å². The lowest BCUT2D eigenvalue weighted by atomic mass is 10.0. The average molecular weight is 373 g/mol. The Morgan fingerprint density at radius 1 is 1.22 bits per heavy atom. The Labute approximate surface area is 155 Å². The molecule has 0 aromatic heterocycles. The largest absolute Gasteiger partial charge is 0.497 e. The van der Waals surface area contributed by atoms with E-state index in [1.807, 2.05) is 6.07 Å². The molecule has 0 atom stereocenters. The lowest BCUT2D eigenvalue weighted by Crippen LogP contribution is -2.05. The first-order chi connectivity index (χ1) is 13.0. The summed E-state index contributed by atoms with van der Waals surface area (Å²) in [5, 5.41) is 9.37. The molecule has 0 fully saturated rings. The van der Waals surface area contributed by atoms with Gasteiger partial charge in [-0.25, -0.2) is 0 Å². The molecule has 0 saturated heterocycles. The highest BCUT2D eigenvalue weighted by Crippen LogP contribution is 2.31. The zero-order chi connectivity index (χ0) is 19.8. The van der Waals surface area contributed by atoms with Crippen molar-refractivity contribution in [3.8, 4) is 23.3 Å². The fraction of sp³-hybridized carbons (Fsp3) is 0.200. The lowest BCUT2D eigenvalue weighted by molar-refractivity contribution is -0.0514. The molecule has 0 aliphatic rings. The van der Waals surface area contributed by atoms with Crippen LogP contribution in [-0.4, -0.2) is 26.1 Å². The highest BCUT2D eigenvalue weighted by atomic mass is 19.3. The van der Waals surface area contributed by atoms with Crippen LogP contribution in [0, 0.1) is 11.3 Å². The smallest absolute Gasteiger partial charge is 0.387 e. The number of carbonyl (C=O) groups is 1. The van der Waals surface area contributed by atoms with Gasteiger partial charge in [-0.2, -0.15) is 14.0 Å². The van der Waals surface area contributed by atoms with Gasteiger partial charge in [-0.05, 0) is 42.8 Å². The molecule has 2 rings (SSSR count). The topological polar surface area (TPSA) is 68.5 Å². The molecule has 7 heteroatoms. The van der Waals surface area contributed by atoms with E-state index < -0.39 is 12.4 Å². The van der Waals surface area contributed by atoms with Gasteiger partial charge in [0.15, 0.2) is 11.5 Å². The number of rotatable bonds is 8. The van der Waals surface area contributed by atoms with E-state index in [2.05, 4.69) is 4.74 Å². The van der Waals surface area contributed by atoms with Crippen molar-refractivity contribution in [3.63, 3.8) is 0 Å². The Morgan fingerprint density at radius 2 is 2.00 bits per heavy atom. The highest BCUT2D eigenvalue weighted by molar-refractivity contribution is 6.14. The van der Waals surface area contributed by atoms with Gasteiger partial charge in [-0.3, -0.25) is 4.79 Å². The lowest BCUT2D eigenvalue weighted by Gasteiger charge is -2.12. The molecule has 0 heterocycles. The third-order valence-electron chi connectivity index (χ3n) is 3.49. The summed E-state index contributed by atoms with van der Waals surface area (Å²) in [7, 11) is 1.48. The first-order valence-electron chi connectivity index (χ1n) is 8.00. The molecule has 5 nitrogen and oxygen atoms in total. The van der Waals surface area contributed by atoms with Crippen LogP contribution in [0.2, 0.25) is 0 Å². The second-order valence-electron chi connectivity index (χ2n) is 5.25. The Bertz CT molecular complexity index is 888. The maximum Gasteiger partial charge on any atom is 0.387 e. The molecule has 140 valence electrons. The van der Waals surface area contributed by atoms with Crippen molar-refractivity contribution >= 4 is 11.9 Å². The number of ketones is 1. The molecule has 0 saturated carbocycles. The van der Waals surface area contributed by atoms with Gasteiger partial charge in [0.25, 0.3) is 0 Å². The van der Waals surface area contributed by atoms with Crippen molar-refractivity contribution < 1.29 is 27.8 Å². The molecular weight excluding hydrogens is 356 g/mol. The van der Waals surface area contributed by atoms with Crippen LogP contribution in [-0.2, 0) is 0 Å². The molecule has 0 N–H and O–H groups in total. The first-order valence-corrected chi connectivity index (χ1v) is 8.00. The number of benzene rings is 2. The number of Topliss-reactive ketones (excluding diaryl/α,β-unsaturated/α-hetero) is 1. The number of hydrogen-bond acceptors (Lipinski definition) is 5. The summed E-state index contributed by atoms with van der Waals surface area (Å²) in [5.41, 5.74) is 0.617. The van der Waals surface area contributed by atoms with Gasteiger partial charge in [0.2, 0.25) is 5.78 Å². The van der Waals surface area contributed by atoms with E-state index in [1.54, 1.807) is 25.1 Å². The zero-order valence-corrected chi connectivity index (χ0v) is 14.7. The number of methoxy groups -OCH3 is 1. The second kappa shape index (κ2) is 9.34. The molecule has 0 radical (unpaired) electrons. The van der Waals surface area contributed by atoms with Gasteiger partial charge >= 0.3 is 6.61 Å². The molecule has 0 amide bonds. The van der Waals surface area contributed by atoms with Gasteiger partial charge in [0.05, 0.1) is 13.7 Å². The van der Waals surface area contributed by atoms with E-state index in [0.29, 0.717) is 16.9 Å². The second-order valence-corrected chi connectivity index (χ2v) is 5.25. The summed E-state index contributed by atoms with van der Waals surface area (Å²) < 4.78 is 39.7. The van der Waals surface area contributed by atoms with Crippen molar-refractivity contribution in [1.29, 1.82) is 5.26 Å². The minimum Gasteiger partial charge on any atom is -0.497 e. The van der Waals surface area contributed by atoms with E-state index >= 15 is 0 Å². The Kier molecular flexibility index (Phi) is 6.89. The van der Waals surface area contributed by atoms with E-state index in [9.17, 15) is 18.8 Å². The SMILES string of the molecule is CCOc1cc(/C=C(\C#N)C(=O)c2cccc(OC)c2)ccc1OC(F)F. The Morgan fingerprint density at radius 3 is 2.63 bits per heavy atom. The normalized spacial score (nSPS) is 11.0. The van der Waals surface area contributed by atoms with Crippen LogP contribution in [0.15, 0.2) is 48.0 Å². The molecule has 0 unspecified atom stereocenters. The van der Waals surface area contributed by atoms with E-state index in [-0.39, 0.29) is 23.7 Å². The predicted octanol–water partition coefficient (Wildman–Crippen LogP) is 4.49. The van der Waals surface area contributed by atoms with Crippen molar-refractivity contribution in [2.24, 2.45) is 0 Å². The number of hydrogen-bond donors (Lipinski definition) is 0. The number of allylic oxidation sites excluding steroid dienone is 1. The van der Waals surface area contributed by atoms with Crippen LogP contribution >= 0.6 is 0 Å². The summed E-state index contributed by atoms with van der Waals surface area (Å²) in [4.78, 5) is 12.6. The van der Waals surface area contributed by atoms with Crippen molar-refractivity contribution in [1.82, 2.24) is 0 Å². The quantitative estimate of drug-likeness (QED) is 0.388. The van der Waals surface area contributed by atoms with Crippen LogP contribution in [0.4, 0.5) is 8.78 Å². The number of ether oxygens (including phenoxy) is 3. The van der Waals surface area contributed by atoms with Crippen LogP contribution < -0.4 is 14.2 Å². The Hall–Kier alpha value is -3.40. The van der Waals surface area contributed by atoms with Gasteiger partial charge < -0.3 is 14.2 Å². The van der Waals surface area contributed by atoms with Gasteiger partial charge in [-0.15, -0.1) is 0 Å². The van der Waals surface area contributed by atoms with Crippen LogP contribution in [0.3, 0.4) is 0 Å². The monoisotopic (exact) mass is 373 g/mol. The number of nitrogens with zero attached hydrogens (tertiary/aromatic N) is 1. The summed E-state index contributed by atoms with van der Waals surface area (Å²) >= 11 is 0. The third kappa shape index (κ3) is 5.28. The zero-order valence-electron chi connectivity index (χ0n) is 14.7. The molecule has 2 aromatic rings. The average Bonchev–Trinajstić information content (AvgIpc) is 2.67. The summed E-state index contributed by atoms with van der Waals surface area (Å²) in [6.45, 7) is -1.06. The molecule has 2 aromatic carbocycles. The fourth-order valence-electron chi connectivity index (χ4n) is 2.31. The molecule has 0 bridgehead atoms. The molecule has 0 aliphatic carbocycles. The minimum absolute atomic E-state index is 0.0951. The number of halogens is 2. The van der Waals surface area contributed by atoms with E-state index in [4.69, 9.17) is 9.47 Å². The molecule has 27 heavy (non-hydrogen) atoms. The van der Waals surface area contributed by atoms with Crippen molar-refractivity contribution in [2.75, 3.05) is 13.7 Å². The summed E-state index contributed by atoms with van der Waals surface area (Å²) in [6, 6.07) is 12.5. The minimum atomic E-state index is -2.99. The van der Waals surface area contributed by atoms with Gasteiger partial charge in [0.1, 0.15) is 17.4 Å². The Balaban J connectivity index is 2.37. The van der Waals surface area contributed by atoms with Gasteiger partial charge in [0, 0.05) is 5.56 Å². The highest BCUT2D eigenvalue weighted by Gasteiger charge is 2.15. The molecule has 0 spiro atoms. The molecule has 0 aliphatic heterocycles. The number of carbonyl (C=O) groups excluding carboxylic acids is 1. The van der Waals surface area contributed by atoms with Crippen molar-refractivity contribution in [2.45, 2.75) is 13.5 Å². The predicted molar refractivity (Wildman–Crippen MR) is 95.2 cm³/mol. The first kappa shape index (κ1) is 19.9. The van der Waals surface area contributed by atoms with E-state index in [0.717, 1.165) is 0 Å². The number of alkyl halides is 2. The summed E-state index contributed by atoms with van der Waals surface area (Å²) in [5.74, 6) is -0.0214. The maximum atomic E-state index is 12.6. The summed E-state index contributed by atoms with van der Waals surface area (Å²) in [6.07, 6.45) is 1.36. The van der Waals surface area contributed by atoms with Crippen molar-refractivity contribution in [3.05, 3.63) is 59.2 Å². The standard InChI is InChI=1S/C20H17F2NO4/c1-3-26-18-10-13(7-8-17(18)27-20(21)22)9-15(12-23)19(24)14-5-4-6-16(11-14)25-2/h4-11,20H,3H2,1-2H3/b15-9+. The molecular formula is C20H17F2NO4. The van der Waals surface area contributed by atoms with Crippen LogP contribution in [0.1, 0.15) is 22.8 Å². The van der Waals surface area contributed by atoms with Crippen LogP contribution in [0.5, 0.6) is 17.2 Å². The van der Waals surface area contributed by atoms with E-state index in [1.165, 1.54) is 37.5 Å². The fourth-order valence-corrected chi connectivity index (χ4v) is 2.31. The maximum absolute atomic E-state index is 12.6. The van der Waals surface area contributed by atoms with Crippen LogP contribution in [0.25, 0.3) is 6.08 Å².